The number of carbonyl (C=O) groups excluding carboxylic acids is 1. The van der Waals surface area contributed by atoms with Gasteiger partial charge in [0.25, 0.3) is 5.56 Å². The van der Waals surface area contributed by atoms with E-state index in [1.165, 1.54) is 11.3 Å². The summed E-state index contributed by atoms with van der Waals surface area (Å²) in [6.07, 6.45) is 1.76. The molecule has 6 nitrogen and oxygen atoms in total. The quantitative estimate of drug-likeness (QED) is 0.745. The smallest absolute Gasteiger partial charge is 0.270 e. The van der Waals surface area contributed by atoms with Crippen LogP contribution in [0.5, 0.6) is 0 Å². The predicted octanol–water partition coefficient (Wildman–Crippen LogP) is 2.61. The molecule has 1 aromatic carbocycles. The molecule has 0 aliphatic carbocycles. The highest BCUT2D eigenvalue weighted by molar-refractivity contribution is 7.17. The average molecular weight is 368 g/mol. The fourth-order valence-electron chi connectivity index (χ4n) is 3.48. The van der Waals surface area contributed by atoms with E-state index in [0.29, 0.717) is 17.2 Å². The molecule has 3 aromatic rings. The van der Waals surface area contributed by atoms with Gasteiger partial charge in [-0.1, -0.05) is 30.3 Å². The first-order valence-electron chi connectivity index (χ1n) is 8.71. The minimum Gasteiger partial charge on any atom is -0.359 e. The number of aromatic amines is 1. The second-order valence-electron chi connectivity index (χ2n) is 6.48. The third-order valence-corrected chi connectivity index (χ3v) is 5.81. The van der Waals surface area contributed by atoms with Crippen molar-refractivity contribution in [2.75, 3.05) is 25.0 Å². The van der Waals surface area contributed by atoms with Crippen molar-refractivity contribution in [2.45, 2.75) is 12.8 Å². The fraction of sp³-hybridized carbons (Fsp3) is 0.316. The van der Waals surface area contributed by atoms with Crippen molar-refractivity contribution in [3.05, 3.63) is 46.1 Å². The number of thiophene rings is 1. The minimum absolute atomic E-state index is 0.0404. The van der Waals surface area contributed by atoms with E-state index in [9.17, 15) is 9.59 Å². The Hall–Kier alpha value is -2.67. The molecule has 2 N–H and O–H groups in total. The first-order valence-corrected chi connectivity index (χ1v) is 9.59. The number of nitrogens with zero attached hydrogens (tertiary/aromatic N) is 2. The van der Waals surface area contributed by atoms with E-state index in [2.05, 4.69) is 10.3 Å². The standard InChI is InChI=1S/C19H20N4O2S/c1-20-17(24)13-8-5-9-23(10-13)19-21-15-14(12-6-3-2-4-7-12)11-26-16(15)18(25)22-19/h2-4,6-7,11,13H,5,8-10H2,1H3,(H,20,24)(H,21,22,25)/t13-/m0/s1. The molecule has 3 heterocycles. The Bertz CT molecular complexity index is 996. The summed E-state index contributed by atoms with van der Waals surface area (Å²) in [4.78, 5) is 34.2. The van der Waals surface area contributed by atoms with Gasteiger partial charge in [0.2, 0.25) is 11.9 Å². The second kappa shape index (κ2) is 6.92. The lowest BCUT2D eigenvalue weighted by Gasteiger charge is -2.32. The third kappa shape index (κ3) is 2.99. The molecule has 1 aliphatic rings. The fourth-order valence-corrected chi connectivity index (χ4v) is 4.38. The van der Waals surface area contributed by atoms with Crippen molar-refractivity contribution in [1.29, 1.82) is 0 Å². The van der Waals surface area contributed by atoms with Crippen LogP contribution in [-0.4, -0.2) is 36.0 Å². The number of nitrogens with one attached hydrogen (secondary N) is 2. The van der Waals surface area contributed by atoms with Crippen molar-refractivity contribution < 1.29 is 4.79 Å². The van der Waals surface area contributed by atoms with Gasteiger partial charge in [0.1, 0.15) is 4.70 Å². The monoisotopic (exact) mass is 368 g/mol. The first-order chi connectivity index (χ1) is 12.7. The Morgan fingerprint density at radius 1 is 1.35 bits per heavy atom. The molecule has 0 spiro atoms. The van der Waals surface area contributed by atoms with Gasteiger partial charge < -0.3 is 10.2 Å². The van der Waals surface area contributed by atoms with Crippen LogP contribution in [0.15, 0.2) is 40.5 Å². The Balaban J connectivity index is 1.75. The van der Waals surface area contributed by atoms with Crippen LogP contribution in [0.4, 0.5) is 5.95 Å². The summed E-state index contributed by atoms with van der Waals surface area (Å²) in [7, 11) is 1.66. The van der Waals surface area contributed by atoms with Crippen LogP contribution in [0.1, 0.15) is 12.8 Å². The molecule has 0 radical (unpaired) electrons. The van der Waals surface area contributed by atoms with Gasteiger partial charge in [0.05, 0.1) is 11.4 Å². The van der Waals surface area contributed by atoms with Gasteiger partial charge >= 0.3 is 0 Å². The molecule has 1 saturated heterocycles. The predicted molar refractivity (Wildman–Crippen MR) is 105 cm³/mol. The second-order valence-corrected chi connectivity index (χ2v) is 7.36. The lowest BCUT2D eigenvalue weighted by molar-refractivity contribution is -0.124. The van der Waals surface area contributed by atoms with Crippen LogP contribution in [-0.2, 0) is 4.79 Å². The van der Waals surface area contributed by atoms with Crippen LogP contribution in [0.3, 0.4) is 0 Å². The topological polar surface area (TPSA) is 78.1 Å². The van der Waals surface area contributed by atoms with E-state index in [4.69, 9.17) is 4.98 Å². The van der Waals surface area contributed by atoms with Crippen molar-refractivity contribution in [1.82, 2.24) is 15.3 Å². The normalized spacial score (nSPS) is 17.4. The Kier molecular flexibility index (Phi) is 4.46. The molecule has 134 valence electrons. The molecular weight excluding hydrogens is 348 g/mol. The summed E-state index contributed by atoms with van der Waals surface area (Å²) in [5.74, 6) is 0.510. The van der Waals surface area contributed by atoms with Gasteiger partial charge in [-0.05, 0) is 18.4 Å². The zero-order chi connectivity index (χ0) is 18.1. The van der Waals surface area contributed by atoms with Gasteiger partial charge in [-0.15, -0.1) is 11.3 Å². The highest BCUT2D eigenvalue weighted by atomic mass is 32.1. The summed E-state index contributed by atoms with van der Waals surface area (Å²) >= 11 is 1.41. The van der Waals surface area contributed by atoms with E-state index in [1.807, 2.05) is 40.6 Å². The summed E-state index contributed by atoms with van der Waals surface area (Å²) in [5.41, 5.74) is 2.61. The maximum Gasteiger partial charge on any atom is 0.270 e. The molecule has 0 saturated carbocycles. The third-order valence-electron chi connectivity index (χ3n) is 4.84. The maximum atomic E-state index is 12.6. The zero-order valence-electron chi connectivity index (χ0n) is 14.5. The van der Waals surface area contributed by atoms with Gasteiger partial charge in [-0.25, -0.2) is 4.98 Å². The Labute approximate surface area is 154 Å². The summed E-state index contributed by atoms with van der Waals surface area (Å²) in [6, 6.07) is 9.96. The van der Waals surface area contributed by atoms with Crippen LogP contribution in [0.25, 0.3) is 21.3 Å². The van der Waals surface area contributed by atoms with Crippen molar-refractivity contribution in [3.8, 4) is 11.1 Å². The van der Waals surface area contributed by atoms with Crippen LogP contribution in [0, 0.1) is 5.92 Å². The van der Waals surface area contributed by atoms with Crippen LogP contribution < -0.4 is 15.8 Å². The highest BCUT2D eigenvalue weighted by Crippen LogP contribution is 2.32. The average Bonchev–Trinajstić information content (AvgIpc) is 3.13. The van der Waals surface area contributed by atoms with Gasteiger partial charge in [-0.3, -0.25) is 14.6 Å². The Morgan fingerprint density at radius 3 is 2.92 bits per heavy atom. The zero-order valence-corrected chi connectivity index (χ0v) is 15.3. The Morgan fingerprint density at radius 2 is 2.15 bits per heavy atom. The molecule has 2 aromatic heterocycles. The minimum atomic E-state index is -0.126. The van der Waals surface area contributed by atoms with Crippen molar-refractivity contribution >= 4 is 33.4 Å². The van der Waals surface area contributed by atoms with E-state index >= 15 is 0 Å². The lowest BCUT2D eigenvalue weighted by Crippen LogP contribution is -2.43. The van der Waals surface area contributed by atoms with E-state index < -0.39 is 0 Å². The van der Waals surface area contributed by atoms with E-state index in [1.54, 1.807) is 7.05 Å². The molecule has 1 atom stereocenters. The van der Waals surface area contributed by atoms with E-state index in [0.717, 1.165) is 36.0 Å². The largest absolute Gasteiger partial charge is 0.359 e. The maximum absolute atomic E-state index is 12.6. The lowest BCUT2D eigenvalue weighted by atomic mass is 9.97. The van der Waals surface area contributed by atoms with Gasteiger partial charge in [0, 0.05) is 31.1 Å². The summed E-state index contributed by atoms with van der Waals surface area (Å²) in [6.45, 7) is 1.35. The number of aromatic nitrogens is 2. The molecule has 26 heavy (non-hydrogen) atoms. The number of hydrogen-bond acceptors (Lipinski definition) is 5. The number of anilines is 1. The molecular formula is C19H20N4O2S. The first kappa shape index (κ1) is 16.8. The van der Waals surface area contributed by atoms with Gasteiger partial charge in [0.15, 0.2) is 0 Å². The number of H-pyrrole nitrogens is 1. The number of amides is 1. The van der Waals surface area contributed by atoms with Crippen molar-refractivity contribution in [2.24, 2.45) is 5.92 Å². The number of fused-ring (bicyclic) bond motifs is 1. The number of rotatable bonds is 3. The number of benzene rings is 1. The highest BCUT2D eigenvalue weighted by Gasteiger charge is 2.27. The number of hydrogen-bond donors (Lipinski definition) is 2. The SMILES string of the molecule is CNC(=O)[C@H]1CCCN(c2nc3c(-c4ccccc4)csc3c(=O)[nH]2)C1. The van der Waals surface area contributed by atoms with Gasteiger partial charge in [-0.2, -0.15) is 0 Å². The van der Waals surface area contributed by atoms with Crippen LogP contribution >= 0.6 is 11.3 Å². The summed E-state index contributed by atoms with van der Waals surface area (Å²) in [5, 5.41) is 4.70. The summed E-state index contributed by atoms with van der Waals surface area (Å²) < 4.78 is 0.632. The molecule has 1 fully saturated rings. The van der Waals surface area contributed by atoms with Crippen LogP contribution in [0.2, 0.25) is 0 Å². The number of carbonyl (C=O) groups is 1. The van der Waals surface area contributed by atoms with Crippen molar-refractivity contribution in [3.63, 3.8) is 0 Å². The molecule has 0 unspecified atom stereocenters. The molecule has 4 rings (SSSR count). The molecule has 1 amide bonds. The molecule has 7 heteroatoms. The molecule has 1 aliphatic heterocycles. The molecule has 0 bridgehead atoms. The number of piperidine rings is 1. The van der Waals surface area contributed by atoms with E-state index in [-0.39, 0.29) is 17.4 Å².